The molecule has 1 heterocycles. The van der Waals surface area contributed by atoms with Crippen molar-refractivity contribution in [3.8, 4) is 11.1 Å². The molecular formula is C18H19NS. The molecule has 0 atom stereocenters. The molecule has 0 amide bonds. The molecule has 0 radical (unpaired) electrons. The fourth-order valence-corrected chi connectivity index (χ4v) is 3.38. The van der Waals surface area contributed by atoms with Gasteiger partial charge in [-0.15, -0.1) is 11.3 Å². The molecule has 0 aliphatic carbocycles. The quantitative estimate of drug-likeness (QED) is 0.704. The van der Waals surface area contributed by atoms with Gasteiger partial charge in [0.1, 0.15) is 0 Å². The third-order valence-electron chi connectivity index (χ3n) is 3.49. The highest BCUT2D eigenvalue weighted by Crippen LogP contribution is 2.34. The molecular weight excluding hydrogens is 262 g/mol. The van der Waals surface area contributed by atoms with Crippen LogP contribution in [0, 0.1) is 0 Å². The lowest BCUT2D eigenvalue weighted by atomic mass is 9.98. The van der Waals surface area contributed by atoms with Crippen molar-refractivity contribution < 1.29 is 0 Å². The fourth-order valence-electron chi connectivity index (χ4n) is 2.46. The van der Waals surface area contributed by atoms with Crippen LogP contribution in [0.3, 0.4) is 0 Å². The Hall–Kier alpha value is -1.64. The zero-order valence-electron chi connectivity index (χ0n) is 11.9. The highest BCUT2D eigenvalue weighted by Gasteiger charge is 2.09. The van der Waals surface area contributed by atoms with Crippen molar-refractivity contribution in [3.05, 3.63) is 59.5 Å². The number of fused-ring (bicyclic) bond motifs is 1. The average Bonchev–Trinajstić information content (AvgIpc) is 2.93. The van der Waals surface area contributed by atoms with Crippen LogP contribution in [-0.2, 0) is 6.54 Å². The first kappa shape index (κ1) is 13.3. The van der Waals surface area contributed by atoms with Gasteiger partial charge in [0.05, 0.1) is 0 Å². The average molecular weight is 281 g/mol. The molecule has 20 heavy (non-hydrogen) atoms. The highest BCUT2D eigenvalue weighted by atomic mass is 32.1. The minimum atomic E-state index is 0.501. The summed E-state index contributed by atoms with van der Waals surface area (Å²) in [4.78, 5) is 0. The first-order valence-corrected chi connectivity index (χ1v) is 7.91. The zero-order valence-corrected chi connectivity index (χ0v) is 12.7. The topological polar surface area (TPSA) is 12.0 Å². The van der Waals surface area contributed by atoms with Crippen molar-refractivity contribution in [2.45, 2.75) is 26.4 Å². The second-order valence-corrected chi connectivity index (χ2v) is 6.25. The van der Waals surface area contributed by atoms with Crippen LogP contribution in [0.4, 0.5) is 0 Å². The van der Waals surface area contributed by atoms with E-state index in [4.69, 9.17) is 0 Å². The molecule has 102 valence electrons. The number of hydrogen-bond acceptors (Lipinski definition) is 2. The largest absolute Gasteiger partial charge is 0.310 e. The summed E-state index contributed by atoms with van der Waals surface area (Å²) in [6.45, 7) is 5.28. The van der Waals surface area contributed by atoms with Gasteiger partial charge < -0.3 is 5.32 Å². The van der Waals surface area contributed by atoms with Crippen LogP contribution in [0.1, 0.15) is 19.4 Å². The van der Waals surface area contributed by atoms with Gasteiger partial charge in [0, 0.05) is 17.3 Å². The van der Waals surface area contributed by atoms with E-state index >= 15 is 0 Å². The Morgan fingerprint density at radius 3 is 2.60 bits per heavy atom. The van der Waals surface area contributed by atoms with E-state index in [1.165, 1.54) is 26.8 Å². The predicted octanol–water partition coefficient (Wildman–Crippen LogP) is 5.07. The van der Waals surface area contributed by atoms with Crippen LogP contribution in [-0.4, -0.2) is 6.04 Å². The molecule has 0 spiro atoms. The van der Waals surface area contributed by atoms with Crippen LogP contribution >= 0.6 is 11.3 Å². The molecule has 2 heteroatoms. The van der Waals surface area contributed by atoms with Gasteiger partial charge in [-0.2, -0.15) is 0 Å². The van der Waals surface area contributed by atoms with Crippen LogP contribution < -0.4 is 5.32 Å². The maximum atomic E-state index is 3.52. The summed E-state index contributed by atoms with van der Waals surface area (Å²) in [5.74, 6) is 0. The van der Waals surface area contributed by atoms with Gasteiger partial charge in [-0.3, -0.25) is 0 Å². The summed E-state index contributed by atoms with van der Waals surface area (Å²) in [5.41, 5.74) is 4.05. The number of hydrogen-bond donors (Lipinski definition) is 1. The van der Waals surface area contributed by atoms with Crippen molar-refractivity contribution in [1.29, 1.82) is 0 Å². The van der Waals surface area contributed by atoms with E-state index in [2.05, 4.69) is 73.1 Å². The lowest BCUT2D eigenvalue weighted by Crippen LogP contribution is -2.22. The van der Waals surface area contributed by atoms with Crippen molar-refractivity contribution in [3.63, 3.8) is 0 Å². The van der Waals surface area contributed by atoms with E-state index in [-0.39, 0.29) is 0 Å². The normalized spacial score (nSPS) is 11.3. The lowest BCUT2D eigenvalue weighted by molar-refractivity contribution is 0.589. The molecule has 0 unspecified atom stereocenters. The maximum Gasteiger partial charge on any atom is 0.0421 e. The minimum Gasteiger partial charge on any atom is -0.310 e. The van der Waals surface area contributed by atoms with E-state index in [9.17, 15) is 0 Å². The molecule has 0 fully saturated rings. The molecule has 3 aromatic rings. The molecule has 1 aromatic heterocycles. The van der Waals surface area contributed by atoms with Crippen molar-refractivity contribution in [2.75, 3.05) is 0 Å². The standard InChI is InChI=1S/C18H19NS/c1-13(2)19-12-15-6-3-4-8-16(15)17-9-5-7-14-10-11-20-18(14)17/h3-11,13,19H,12H2,1-2H3. The first-order valence-electron chi connectivity index (χ1n) is 7.03. The summed E-state index contributed by atoms with van der Waals surface area (Å²) in [6.07, 6.45) is 0. The maximum absolute atomic E-state index is 3.52. The number of nitrogens with one attached hydrogen (secondary N) is 1. The highest BCUT2D eigenvalue weighted by molar-refractivity contribution is 7.17. The Balaban J connectivity index is 2.07. The van der Waals surface area contributed by atoms with Gasteiger partial charge in [-0.05, 0) is 33.5 Å². The number of benzene rings is 2. The lowest BCUT2D eigenvalue weighted by Gasteiger charge is -2.13. The van der Waals surface area contributed by atoms with Crippen molar-refractivity contribution >= 4 is 21.4 Å². The molecule has 2 aromatic carbocycles. The van der Waals surface area contributed by atoms with Crippen molar-refractivity contribution in [1.82, 2.24) is 5.32 Å². The zero-order chi connectivity index (χ0) is 13.9. The number of thiophene rings is 1. The van der Waals surface area contributed by atoms with Gasteiger partial charge in [0.15, 0.2) is 0 Å². The van der Waals surface area contributed by atoms with Gasteiger partial charge >= 0.3 is 0 Å². The fraction of sp³-hybridized carbons (Fsp3) is 0.222. The third-order valence-corrected chi connectivity index (χ3v) is 4.45. The molecule has 0 saturated heterocycles. The molecule has 0 saturated carbocycles. The number of rotatable bonds is 4. The molecule has 0 bridgehead atoms. The first-order chi connectivity index (χ1) is 9.75. The molecule has 1 nitrogen and oxygen atoms in total. The van der Waals surface area contributed by atoms with E-state index in [0.29, 0.717) is 6.04 Å². The molecule has 3 rings (SSSR count). The Morgan fingerprint density at radius 1 is 0.950 bits per heavy atom. The van der Waals surface area contributed by atoms with Crippen LogP contribution in [0.5, 0.6) is 0 Å². The third kappa shape index (κ3) is 2.62. The van der Waals surface area contributed by atoms with E-state index in [0.717, 1.165) is 6.54 Å². The SMILES string of the molecule is CC(C)NCc1ccccc1-c1cccc2ccsc12. The molecule has 0 aliphatic rings. The Morgan fingerprint density at radius 2 is 1.75 bits per heavy atom. The van der Waals surface area contributed by atoms with Gasteiger partial charge in [0.2, 0.25) is 0 Å². The Labute approximate surface area is 124 Å². The summed E-state index contributed by atoms with van der Waals surface area (Å²) in [5, 5.41) is 7.02. The summed E-state index contributed by atoms with van der Waals surface area (Å²) in [7, 11) is 0. The second-order valence-electron chi connectivity index (χ2n) is 5.34. The summed E-state index contributed by atoms with van der Waals surface area (Å²) in [6, 6.07) is 18.0. The molecule has 1 N–H and O–H groups in total. The van der Waals surface area contributed by atoms with E-state index in [1.807, 2.05) is 11.3 Å². The van der Waals surface area contributed by atoms with Crippen LogP contribution in [0.25, 0.3) is 21.2 Å². The predicted molar refractivity (Wildman–Crippen MR) is 89.2 cm³/mol. The second kappa shape index (κ2) is 5.78. The van der Waals surface area contributed by atoms with Crippen LogP contribution in [0.15, 0.2) is 53.9 Å². The Kier molecular flexibility index (Phi) is 3.86. The summed E-state index contributed by atoms with van der Waals surface area (Å²) >= 11 is 1.82. The molecule has 0 aliphatic heterocycles. The van der Waals surface area contributed by atoms with E-state index in [1.54, 1.807) is 0 Å². The minimum absolute atomic E-state index is 0.501. The van der Waals surface area contributed by atoms with Gasteiger partial charge in [-0.25, -0.2) is 0 Å². The van der Waals surface area contributed by atoms with Crippen LogP contribution in [0.2, 0.25) is 0 Å². The monoisotopic (exact) mass is 281 g/mol. The Bertz CT molecular complexity index is 712. The van der Waals surface area contributed by atoms with Crippen molar-refractivity contribution in [2.24, 2.45) is 0 Å². The smallest absolute Gasteiger partial charge is 0.0421 e. The van der Waals surface area contributed by atoms with Gasteiger partial charge in [-0.1, -0.05) is 56.3 Å². The summed E-state index contributed by atoms with van der Waals surface area (Å²) < 4.78 is 1.38. The van der Waals surface area contributed by atoms with Gasteiger partial charge in [0.25, 0.3) is 0 Å². The van der Waals surface area contributed by atoms with E-state index < -0.39 is 0 Å².